The van der Waals surface area contributed by atoms with Crippen molar-refractivity contribution in [1.29, 1.82) is 0 Å². The summed E-state index contributed by atoms with van der Waals surface area (Å²) in [4.78, 5) is 17.8. The molecule has 1 atom stereocenters. The summed E-state index contributed by atoms with van der Waals surface area (Å²) in [6.07, 6.45) is 0.670. The number of anilines is 2. The first-order valence-electron chi connectivity index (χ1n) is 6.49. The predicted molar refractivity (Wildman–Crippen MR) is 84.1 cm³/mol. The molecule has 0 radical (unpaired) electrons. The summed E-state index contributed by atoms with van der Waals surface area (Å²) in [6, 6.07) is 9.43. The molecule has 5 nitrogen and oxygen atoms in total. The van der Waals surface area contributed by atoms with E-state index in [9.17, 15) is 9.90 Å². The Balaban J connectivity index is 1.90. The summed E-state index contributed by atoms with van der Waals surface area (Å²) in [5.41, 5.74) is 3.13. The minimum atomic E-state index is -1.09. The Morgan fingerprint density at radius 1 is 1.43 bits per heavy atom. The smallest absolute Gasteiger partial charge is 0.257 e. The van der Waals surface area contributed by atoms with Gasteiger partial charge < -0.3 is 15.3 Å². The lowest BCUT2D eigenvalue weighted by Gasteiger charge is -2.21. The molecule has 2 aromatic rings. The number of carbonyl (C=O) groups is 1. The van der Waals surface area contributed by atoms with Gasteiger partial charge in [-0.1, -0.05) is 6.07 Å². The van der Waals surface area contributed by atoms with Crippen LogP contribution in [0.2, 0.25) is 0 Å². The molecule has 0 saturated heterocycles. The van der Waals surface area contributed by atoms with E-state index in [0.717, 1.165) is 15.9 Å². The van der Waals surface area contributed by atoms with Gasteiger partial charge in [0.1, 0.15) is 0 Å². The highest BCUT2D eigenvalue weighted by Crippen LogP contribution is 2.38. The second kappa shape index (κ2) is 5.46. The van der Waals surface area contributed by atoms with Gasteiger partial charge in [0.25, 0.3) is 5.91 Å². The second-order valence-corrected chi connectivity index (χ2v) is 5.81. The normalized spacial score (nSPS) is 16.5. The Bertz CT molecular complexity index is 691. The Kier molecular flexibility index (Phi) is 3.65. The molecule has 0 aliphatic carbocycles. The molecule has 0 fully saturated rings. The van der Waals surface area contributed by atoms with Crippen LogP contribution < -0.4 is 10.2 Å². The average Bonchev–Trinajstić information content (AvgIpc) is 2.74. The molecule has 1 aliphatic heterocycles. The Morgan fingerprint density at radius 2 is 2.24 bits per heavy atom. The van der Waals surface area contributed by atoms with E-state index in [1.807, 2.05) is 36.2 Å². The summed E-state index contributed by atoms with van der Waals surface area (Å²) >= 11 is 3.50. The van der Waals surface area contributed by atoms with Crippen LogP contribution in [-0.4, -0.2) is 23.0 Å². The van der Waals surface area contributed by atoms with Crippen LogP contribution in [0.5, 0.6) is 0 Å². The van der Waals surface area contributed by atoms with E-state index in [4.69, 9.17) is 0 Å². The third-order valence-corrected chi connectivity index (χ3v) is 4.09. The number of hydrogen-bond acceptors (Lipinski definition) is 4. The molecule has 21 heavy (non-hydrogen) atoms. The van der Waals surface area contributed by atoms with Gasteiger partial charge in [-0.05, 0) is 40.2 Å². The third kappa shape index (κ3) is 2.64. The third-order valence-electron chi connectivity index (χ3n) is 3.46. The molecule has 0 spiro atoms. The maximum Gasteiger partial charge on any atom is 0.257 e. The van der Waals surface area contributed by atoms with Crippen molar-refractivity contribution in [3.8, 4) is 0 Å². The van der Waals surface area contributed by atoms with E-state index in [1.165, 1.54) is 0 Å². The lowest BCUT2D eigenvalue weighted by molar-refractivity contribution is -0.123. The molecule has 1 unspecified atom stereocenters. The van der Waals surface area contributed by atoms with Crippen molar-refractivity contribution in [2.24, 2.45) is 0 Å². The molecular formula is C15H14BrN3O2. The number of aliphatic hydroxyl groups is 1. The van der Waals surface area contributed by atoms with Crippen molar-refractivity contribution < 1.29 is 9.90 Å². The summed E-state index contributed by atoms with van der Waals surface area (Å²) in [6.45, 7) is 0.648. The molecule has 1 amide bonds. The second-order valence-electron chi connectivity index (χ2n) is 4.96. The fourth-order valence-corrected chi connectivity index (χ4v) is 3.03. The molecule has 0 saturated carbocycles. The van der Waals surface area contributed by atoms with Gasteiger partial charge in [-0.2, -0.15) is 0 Å². The number of hydrogen-bond donors (Lipinski definition) is 2. The highest BCUT2D eigenvalue weighted by atomic mass is 79.9. The first-order chi connectivity index (χ1) is 10.1. The first-order valence-corrected chi connectivity index (χ1v) is 7.29. The van der Waals surface area contributed by atoms with E-state index < -0.39 is 6.10 Å². The number of nitrogens with one attached hydrogen (secondary N) is 1. The summed E-state index contributed by atoms with van der Waals surface area (Å²) in [7, 11) is 1.95. The molecule has 2 N–H and O–H groups in total. The van der Waals surface area contributed by atoms with E-state index in [0.29, 0.717) is 17.8 Å². The number of fused-ring (bicyclic) bond motifs is 1. The highest BCUT2D eigenvalue weighted by Gasteiger charge is 2.29. The molecule has 108 valence electrons. The molecule has 2 heterocycles. The summed E-state index contributed by atoms with van der Waals surface area (Å²) < 4.78 is 0.829. The van der Waals surface area contributed by atoms with Crippen molar-refractivity contribution in [2.75, 3.05) is 17.3 Å². The summed E-state index contributed by atoms with van der Waals surface area (Å²) in [5, 5.41) is 12.5. The van der Waals surface area contributed by atoms with Crippen molar-refractivity contribution in [3.05, 3.63) is 52.3 Å². The molecule has 1 aromatic heterocycles. The number of aliphatic hydroxyl groups excluding tert-OH is 1. The van der Waals surface area contributed by atoms with Crippen LogP contribution in [0.1, 0.15) is 17.4 Å². The summed E-state index contributed by atoms with van der Waals surface area (Å²) in [5.74, 6) is -0.388. The van der Waals surface area contributed by atoms with Crippen LogP contribution in [0.25, 0.3) is 0 Å². The van der Waals surface area contributed by atoms with E-state index >= 15 is 0 Å². The number of aromatic nitrogens is 1. The zero-order valence-electron chi connectivity index (χ0n) is 11.4. The minimum absolute atomic E-state index is 0.388. The van der Waals surface area contributed by atoms with Gasteiger partial charge in [-0.3, -0.25) is 9.78 Å². The topological polar surface area (TPSA) is 65.5 Å². The van der Waals surface area contributed by atoms with Crippen LogP contribution in [0.4, 0.5) is 11.4 Å². The van der Waals surface area contributed by atoms with E-state index in [-0.39, 0.29) is 5.91 Å². The Morgan fingerprint density at radius 3 is 2.95 bits per heavy atom. The molecular weight excluding hydrogens is 334 g/mol. The van der Waals surface area contributed by atoms with Crippen molar-refractivity contribution in [2.45, 2.75) is 12.6 Å². The van der Waals surface area contributed by atoms with Crippen LogP contribution >= 0.6 is 15.9 Å². The van der Waals surface area contributed by atoms with Crippen molar-refractivity contribution in [3.63, 3.8) is 0 Å². The molecule has 3 rings (SSSR count). The Hall–Kier alpha value is -1.92. The maximum absolute atomic E-state index is 11.5. The minimum Gasteiger partial charge on any atom is -0.378 e. The van der Waals surface area contributed by atoms with Crippen LogP contribution in [0.3, 0.4) is 0 Å². The van der Waals surface area contributed by atoms with Crippen molar-refractivity contribution >= 4 is 33.2 Å². The average molecular weight is 348 g/mol. The number of rotatable bonds is 3. The van der Waals surface area contributed by atoms with Gasteiger partial charge in [-0.25, -0.2) is 0 Å². The quantitative estimate of drug-likeness (QED) is 0.894. The Labute approximate surface area is 130 Å². The van der Waals surface area contributed by atoms with Gasteiger partial charge in [0.05, 0.1) is 17.9 Å². The van der Waals surface area contributed by atoms with Gasteiger partial charge in [0.2, 0.25) is 0 Å². The molecule has 6 heteroatoms. The monoisotopic (exact) mass is 347 g/mol. The number of benzene rings is 1. The fourth-order valence-electron chi connectivity index (χ4n) is 2.37. The molecule has 1 aromatic carbocycles. The number of amides is 1. The lowest BCUT2D eigenvalue weighted by Crippen LogP contribution is -2.17. The number of pyridine rings is 1. The highest BCUT2D eigenvalue weighted by molar-refractivity contribution is 9.10. The predicted octanol–water partition coefficient (Wildman–Crippen LogP) is 2.47. The maximum atomic E-state index is 11.5. The van der Waals surface area contributed by atoms with Crippen LogP contribution in [0, 0.1) is 0 Å². The van der Waals surface area contributed by atoms with Crippen LogP contribution in [0.15, 0.2) is 41.0 Å². The van der Waals surface area contributed by atoms with Crippen molar-refractivity contribution in [1.82, 2.24) is 4.98 Å². The standard InChI is InChI=1S/C15H14BrN3O2/c1-19(8-9-4-2-3-5-17-9)13-7-12-10(6-11(13)16)14(20)15(21)18-12/h2-7,14,20H,8H2,1H3,(H,18,21). The van der Waals surface area contributed by atoms with E-state index in [1.54, 1.807) is 12.3 Å². The zero-order chi connectivity index (χ0) is 15.0. The lowest BCUT2D eigenvalue weighted by atomic mass is 10.1. The van der Waals surface area contributed by atoms with Gasteiger partial charge in [0.15, 0.2) is 6.10 Å². The van der Waals surface area contributed by atoms with Crippen LogP contribution in [-0.2, 0) is 11.3 Å². The number of carbonyl (C=O) groups excluding carboxylic acids is 1. The largest absolute Gasteiger partial charge is 0.378 e. The van der Waals surface area contributed by atoms with Gasteiger partial charge >= 0.3 is 0 Å². The number of halogens is 1. The molecule has 1 aliphatic rings. The fraction of sp³-hybridized carbons (Fsp3) is 0.200. The molecule has 0 bridgehead atoms. The van der Waals surface area contributed by atoms with E-state index in [2.05, 4.69) is 26.2 Å². The zero-order valence-corrected chi connectivity index (χ0v) is 13.0. The first kappa shape index (κ1) is 14.0. The number of nitrogens with zero attached hydrogens (tertiary/aromatic N) is 2. The van der Waals surface area contributed by atoms with Gasteiger partial charge in [0, 0.05) is 29.0 Å². The van der Waals surface area contributed by atoms with Gasteiger partial charge in [-0.15, -0.1) is 0 Å². The SMILES string of the molecule is CN(Cc1ccccn1)c1cc2c(cc1Br)C(O)C(=O)N2.